The van der Waals surface area contributed by atoms with Crippen LogP contribution in [0.15, 0.2) is 0 Å². The normalized spacial score (nSPS) is 9.69. The van der Waals surface area contributed by atoms with Crippen LogP contribution in [-0.4, -0.2) is 25.6 Å². The Morgan fingerprint density at radius 1 is 1.56 bits per heavy atom. The van der Waals surface area contributed by atoms with Gasteiger partial charge in [-0.3, -0.25) is 0 Å². The molecule has 0 spiro atoms. The Hall–Kier alpha value is -1.96. The number of rotatable bonds is 3. The summed E-state index contributed by atoms with van der Waals surface area (Å²) >= 11 is 0. The van der Waals surface area contributed by atoms with Gasteiger partial charge in [0.25, 0.3) is 0 Å². The minimum absolute atomic E-state index is 0.535. The second kappa shape index (κ2) is 4.71. The van der Waals surface area contributed by atoms with Crippen molar-refractivity contribution in [1.82, 2.24) is 4.98 Å². The van der Waals surface area contributed by atoms with Crippen LogP contribution < -0.4 is 16.0 Å². The molecule has 0 fully saturated rings. The van der Waals surface area contributed by atoms with E-state index in [1.807, 2.05) is 25.8 Å². The summed E-state index contributed by atoms with van der Waals surface area (Å²) in [6.07, 6.45) is 0. The first-order valence-electron chi connectivity index (χ1n) is 5.15. The van der Waals surface area contributed by atoms with E-state index >= 15 is 0 Å². The molecule has 16 heavy (non-hydrogen) atoms. The summed E-state index contributed by atoms with van der Waals surface area (Å²) in [5.74, 6) is 1.29. The van der Waals surface area contributed by atoms with Crippen molar-refractivity contribution in [3.63, 3.8) is 0 Å². The van der Waals surface area contributed by atoms with Gasteiger partial charge in [0.1, 0.15) is 11.9 Å². The highest BCUT2D eigenvalue weighted by Crippen LogP contribution is 2.29. The van der Waals surface area contributed by atoms with Crippen LogP contribution in [-0.2, 0) is 0 Å². The second-order valence-electron chi connectivity index (χ2n) is 3.57. The topological polar surface area (TPSA) is 78.0 Å². The van der Waals surface area contributed by atoms with Gasteiger partial charge in [-0.2, -0.15) is 5.26 Å². The predicted octanol–water partition coefficient (Wildman–Crippen LogP) is 1.34. The zero-order valence-electron chi connectivity index (χ0n) is 10.1. The summed E-state index contributed by atoms with van der Waals surface area (Å²) in [6, 6.07) is 2.16. The maximum atomic E-state index is 9.14. The third-order valence-corrected chi connectivity index (χ3v) is 2.66. The highest BCUT2D eigenvalue weighted by Gasteiger charge is 2.16. The molecule has 5 heteroatoms. The minimum atomic E-state index is 0.535. The fraction of sp³-hybridized carbons (Fsp3) is 0.455. The van der Waals surface area contributed by atoms with E-state index < -0.39 is 0 Å². The van der Waals surface area contributed by atoms with Crippen LogP contribution in [0, 0.1) is 18.3 Å². The number of hydrogen-bond acceptors (Lipinski definition) is 5. The van der Waals surface area contributed by atoms with E-state index in [9.17, 15) is 0 Å². The van der Waals surface area contributed by atoms with Crippen molar-refractivity contribution in [2.24, 2.45) is 0 Å². The Labute approximate surface area is 95.9 Å². The molecular weight excluding hydrogens is 202 g/mol. The SMILES string of the molecule is CCN(C)c1nc(NC)c(N)c(C)c1C#N. The smallest absolute Gasteiger partial charge is 0.151 e. The van der Waals surface area contributed by atoms with Crippen molar-refractivity contribution in [3.8, 4) is 6.07 Å². The Morgan fingerprint density at radius 3 is 2.62 bits per heavy atom. The lowest BCUT2D eigenvalue weighted by atomic mass is 10.1. The fourth-order valence-electron chi connectivity index (χ4n) is 1.45. The van der Waals surface area contributed by atoms with Gasteiger partial charge in [0, 0.05) is 20.6 Å². The molecule has 0 aromatic carbocycles. The van der Waals surface area contributed by atoms with Crippen molar-refractivity contribution in [2.45, 2.75) is 13.8 Å². The number of nitrogen functional groups attached to an aromatic ring is 1. The molecule has 5 nitrogen and oxygen atoms in total. The molecule has 3 N–H and O–H groups in total. The Balaban J connectivity index is 3.48. The molecule has 86 valence electrons. The van der Waals surface area contributed by atoms with Gasteiger partial charge in [0.15, 0.2) is 5.82 Å². The van der Waals surface area contributed by atoms with Gasteiger partial charge in [-0.05, 0) is 19.4 Å². The molecule has 1 heterocycles. The predicted molar refractivity (Wildman–Crippen MR) is 66.6 cm³/mol. The van der Waals surface area contributed by atoms with Gasteiger partial charge in [-0.15, -0.1) is 0 Å². The average Bonchev–Trinajstić information content (AvgIpc) is 2.31. The van der Waals surface area contributed by atoms with Crippen molar-refractivity contribution in [1.29, 1.82) is 5.26 Å². The summed E-state index contributed by atoms with van der Waals surface area (Å²) in [6.45, 7) is 4.63. The quantitative estimate of drug-likeness (QED) is 0.802. The Bertz CT molecular complexity index is 433. The molecule has 0 atom stereocenters. The molecule has 0 aliphatic heterocycles. The first kappa shape index (κ1) is 12.1. The average molecular weight is 219 g/mol. The van der Waals surface area contributed by atoms with Gasteiger partial charge in [-0.25, -0.2) is 4.98 Å². The lowest BCUT2D eigenvalue weighted by molar-refractivity contribution is 0.933. The van der Waals surface area contributed by atoms with E-state index in [4.69, 9.17) is 11.0 Å². The summed E-state index contributed by atoms with van der Waals surface area (Å²) in [5, 5.41) is 12.1. The number of nitrogens with two attached hydrogens (primary N) is 1. The van der Waals surface area contributed by atoms with Crippen LogP contribution in [0.2, 0.25) is 0 Å². The molecular formula is C11H17N5. The zero-order valence-corrected chi connectivity index (χ0v) is 10.1. The zero-order chi connectivity index (χ0) is 12.3. The van der Waals surface area contributed by atoms with Crippen LogP contribution in [0.25, 0.3) is 0 Å². The fourth-order valence-corrected chi connectivity index (χ4v) is 1.45. The number of nitrogens with zero attached hydrogens (tertiary/aromatic N) is 3. The highest BCUT2D eigenvalue weighted by molar-refractivity contribution is 5.74. The summed E-state index contributed by atoms with van der Waals surface area (Å²) < 4.78 is 0. The van der Waals surface area contributed by atoms with E-state index in [1.54, 1.807) is 7.05 Å². The number of anilines is 3. The van der Waals surface area contributed by atoms with Crippen LogP contribution in [0.4, 0.5) is 17.3 Å². The van der Waals surface area contributed by atoms with Crippen LogP contribution >= 0.6 is 0 Å². The molecule has 1 aromatic heterocycles. The monoisotopic (exact) mass is 219 g/mol. The standard InChI is InChI=1S/C11H17N5/c1-5-16(4)11-8(6-12)7(2)9(13)10(14-3)15-11/h5,13H2,1-4H3,(H,14,15). The van der Waals surface area contributed by atoms with E-state index in [2.05, 4.69) is 16.4 Å². The molecule has 1 aromatic rings. The Kier molecular flexibility index (Phi) is 3.56. The summed E-state index contributed by atoms with van der Waals surface area (Å²) in [7, 11) is 3.66. The lowest BCUT2D eigenvalue weighted by Crippen LogP contribution is -2.20. The maximum absolute atomic E-state index is 9.14. The van der Waals surface area contributed by atoms with E-state index in [0.717, 1.165) is 12.1 Å². The Morgan fingerprint density at radius 2 is 2.19 bits per heavy atom. The second-order valence-corrected chi connectivity index (χ2v) is 3.57. The molecule has 0 amide bonds. The first-order valence-corrected chi connectivity index (χ1v) is 5.15. The van der Waals surface area contributed by atoms with Gasteiger partial charge < -0.3 is 16.0 Å². The molecule has 0 aliphatic carbocycles. The van der Waals surface area contributed by atoms with E-state index in [0.29, 0.717) is 22.9 Å². The molecule has 0 radical (unpaired) electrons. The minimum Gasteiger partial charge on any atom is -0.395 e. The number of aromatic nitrogens is 1. The molecule has 0 saturated carbocycles. The van der Waals surface area contributed by atoms with Crippen molar-refractivity contribution in [2.75, 3.05) is 36.6 Å². The summed E-state index contributed by atoms with van der Waals surface area (Å²) in [5.41, 5.74) is 7.74. The van der Waals surface area contributed by atoms with Crippen molar-refractivity contribution >= 4 is 17.3 Å². The van der Waals surface area contributed by atoms with E-state index in [1.165, 1.54) is 0 Å². The molecule has 0 aliphatic rings. The van der Waals surface area contributed by atoms with Crippen molar-refractivity contribution < 1.29 is 0 Å². The molecule has 0 bridgehead atoms. The number of hydrogen-bond donors (Lipinski definition) is 2. The number of nitrogens with one attached hydrogen (secondary N) is 1. The molecule has 0 unspecified atom stereocenters. The number of nitriles is 1. The van der Waals surface area contributed by atoms with Gasteiger partial charge >= 0.3 is 0 Å². The van der Waals surface area contributed by atoms with Crippen LogP contribution in [0.1, 0.15) is 18.1 Å². The van der Waals surface area contributed by atoms with Crippen LogP contribution in [0.5, 0.6) is 0 Å². The van der Waals surface area contributed by atoms with Gasteiger partial charge in [0.05, 0.1) is 11.3 Å². The lowest BCUT2D eigenvalue weighted by Gasteiger charge is -2.20. The summed E-state index contributed by atoms with van der Waals surface area (Å²) in [4.78, 5) is 6.28. The van der Waals surface area contributed by atoms with E-state index in [-0.39, 0.29) is 0 Å². The highest BCUT2D eigenvalue weighted by atomic mass is 15.2. The third kappa shape index (κ3) is 1.87. The maximum Gasteiger partial charge on any atom is 0.151 e. The third-order valence-electron chi connectivity index (χ3n) is 2.66. The first-order chi connectivity index (χ1) is 7.56. The molecule has 0 saturated heterocycles. The number of pyridine rings is 1. The van der Waals surface area contributed by atoms with Gasteiger partial charge in [-0.1, -0.05) is 0 Å². The largest absolute Gasteiger partial charge is 0.395 e. The van der Waals surface area contributed by atoms with Crippen LogP contribution in [0.3, 0.4) is 0 Å². The van der Waals surface area contributed by atoms with Gasteiger partial charge in [0.2, 0.25) is 0 Å². The van der Waals surface area contributed by atoms with Crippen molar-refractivity contribution in [3.05, 3.63) is 11.1 Å². The molecule has 1 rings (SSSR count).